The molecular weight excluding hydrogens is 290 g/mol. The van der Waals surface area contributed by atoms with Crippen molar-refractivity contribution < 1.29 is 4.79 Å². The highest BCUT2D eigenvalue weighted by atomic mass is 16.2. The molecule has 3 rings (SSSR count). The largest absolute Gasteiger partial charge is 0.398 e. The molecule has 6 nitrogen and oxygen atoms in total. The van der Waals surface area contributed by atoms with Crippen LogP contribution in [0, 0.1) is 0 Å². The second kappa shape index (κ2) is 5.46. The van der Waals surface area contributed by atoms with Crippen LogP contribution in [-0.2, 0) is 23.9 Å². The maximum atomic E-state index is 12.4. The van der Waals surface area contributed by atoms with Crippen LogP contribution < -0.4 is 11.1 Å². The molecule has 0 spiro atoms. The molecule has 0 unspecified atom stereocenters. The maximum absolute atomic E-state index is 12.4. The van der Waals surface area contributed by atoms with E-state index in [9.17, 15) is 4.79 Å². The average Bonchev–Trinajstić information content (AvgIpc) is 3.07. The monoisotopic (exact) mass is 311 g/mol. The molecule has 0 atom stereocenters. The Kier molecular flexibility index (Phi) is 3.60. The highest BCUT2D eigenvalue weighted by Gasteiger charge is 2.24. The van der Waals surface area contributed by atoms with Gasteiger partial charge in [0.05, 0.1) is 17.3 Å². The number of nitrogens with one attached hydrogen (secondary N) is 1. The van der Waals surface area contributed by atoms with Gasteiger partial charge in [0.15, 0.2) is 0 Å². The number of rotatable bonds is 4. The molecule has 0 aliphatic rings. The Morgan fingerprint density at radius 3 is 2.83 bits per heavy atom. The van der Waals surface area contributed by atoms with Crippen LogP contribution in [0.15, 0.2) is 42.9 Å². The van der Waals surface area contributed by atoms with Crippen LogP contribution in [0.3, 0.4) is 0 Å². The normalized spacial score (nSPS) is 11.8. The van der Waals surface area contributed by atoms with Crippen LogP contribution in [0.1, 0.15) is 19.4 Å². The van der Waals surface area contributed by atoms with Gasteiger partial charge in [-0.05, 0) is 32.0 Å². The fourth-order valence-corrected chi connectivity index (χ4v) is 2.74. The van der Waals surface area contributed by atoms with Gasteiger partial charge in [-0.2, -0.15) is 5.10 Å². The summed E-state index contributed by atoms with van der Waals surface area (Å²) in [6.45, 7) is 4.18. The summed E-state index contributed by atoms with van der Waals surface area (Å²) in [5, 5.41) is 8.19. The van der Waals surface area contributed by atoms with Gasteiger partial charge in [-0.25, -0.2) is 0 Å². The van der Waals surface area contributed by atoms with Gasteiger partial charge in [0.2, 0.25) is 5.91 Å². The van der Waals surface area contributed by atoms with Crippen molar-refractivity contribution in [1.82, 2.24) is 19.7 Å². The molecule has 0 fully saturated rings. The number of carbonyl (C=O) groups excluding carboxylic acids is 1. The number of carbonyl (C=O) groups is 1. The fourth-order valence-electron chi connectivity index (χ4n) is 2.74. The number of nitrogens with two attached hydrogens (primary N) is 1. The van der Waals surface area contributed by atoms with Crippen LogP contribution in [0.4, 0.5) is 5.69 Å². The van der Waals surface area contributed by atoms with Gasteiger partial charge in [0, 0.05) is 36.1 Å². The zero-order valence-corrected chi connectivity index (χ0v) is 13.6. The lowest BCUT2D eigenvalue weighted by Crippen LogP contribution is -2.42. The Morgan fingerprint density at radius 1 is 1.35 bits per heavy atom. The van der Waals surface area contributed by atoms with Crippen molar-refractivity contribution in [3.63, 3.8) is 0 Å². The smallest absolute Gasteiger partial charge is 0.240 e. The minimum absolute atomic E-state index is 0.0567. The number of nitrogen functional groups attached to an aromatic ring is 1. The zero-order valence-electron chi connectivity index (χ0n) is 13.6. The van der Waals surface area contributed by atoms with Crippen molar-refractivity contribution in [3.8, 4) is 0 Å². The van der Waals surface area contributed by atoms with E-state index in [4.69, 9.17) is 5.73 Å². The first kappa shape index (κ1) is 15.1. The van der Waals surface area contributed by atoms with E-state index in [1.165, 1.54) is 0 Å². The van der Waals surface area contributed by atoms with Crippen LogP contribution in [-0.4, -0.2) is 20.3 Å². The molecule has 0 aliphatic heterocycles. The van der Waals surface area contributed by atoms with Crippen LogP contribution >= 0.6 is 0 Å². The number of amides is 1. The molecule has 2 aromatic heterocycles. The highest BCUT2D eigenvalue weighted by molar-refractivity contribution is 5.92. The van der Waals surface area contributed by atoms with E-state index in [-0.39, 0.29) is 12.5 Å². The zero-order chi connectivity index (χ0) is 16.6. The first-order valence-corrected chi connectivity index (χ1v) is 7.50. The molecule has 0 radical (unpaired) electrons. The molecule has 2 heterocycles. The summed E-state index contributed by atoms with van der Waals surface area (Å²) in [6, 6.07) is 7.65. The number of anilines is 1. The van der Waals surface area contributed by atoms with E-state index in [2.05, 4.69) is 10.4 Å². The molecule has 23 heavy (non-hydrogen) atoms. The van der Waals surface area contributed by atoms with Gasteiger partial charge in [-0.15, -0.1) is 0 Å². The van der Waals surface area contributed by atoms with Crippen molar-refractivity contribution in [2.75, 3.05) is 5.73 Å². The number of nitrogens with zero attached hydrogens (tertiary/aromatic N) is 3. The van der Waals surface area contributed by atoms with E-state index in [0.717, 1.165) is 22.2 Å². The molecule has 1 aromatic carbocycles. The maximum Gasteiger partial charge on any atom is 0.240 e. The summed E-state index contributed by atoms with van der Waals surface area (Å²) in [7, 11) is 1.86. The number of aromatic nitrogens is 3. The molecule has 6 heteroatoms. The highest BCUT2D eigenvalue weighted by Crippen LogP contribution is 2.22. The topological polar surface area (TPSA) is 77.9 Å². The van der Waals surface area contributed by atoms with E-state index in [1.807, 2.05) is 62.1 Å². The molecule has 0 saturated carbocycles. The Morgan fingerprint density at radius 2 is 2.13 bits per heavy atom. The molecule has 120 valence electrons. The van der Waals surface area contributed by atoms with Crippen LogP contribution in [0.5, 0.6) is 0 Å². The summed E-state index contributed by atoms with van der Waals surface area (Å²) >= 11 is 0. The third-order valence-corrected chi connectivity index (χ3v) is 4.04. The molecule has 0 bridgehead atoms. The Labute approximate surface area is 134 Å². The summed E-state index contributed by atoms with van der Waals surface area (Å²) in [5.74, 6) is -0.0567. The number of hydrogen-bond acceptors (Lipinski definition) is 3. The summed E-state index contributed by atoms with van der Waals surface area (Å²) in [4.78, 5) is 12.4. The van der Waals surface area contributed by atoms with E-state index in [1.54, 1.807) is 10.9 Å². The van der Waals surface area contributed by atoms with Crippen molar-refractivity contribution >= 4 is 22.5 Å². The lowest BCUT2D eigenvalue weighted by Gasteiger charge is -2.25. The van der Waals surface area contributed by atoms with Gasteiger partial charge in [0.1, 0.15) is 6.54 Å². The third kappa shape index (κ3) is 2.92. The number of aryl methyl sites for hydroxylation is 1. The van der Waals surface area contributed by atoms with Crippen molar-refractivity contribution in [1.29, 1.82) is 0 Å². The second-order valence-electron chi connectivity index (χ2n) is 6.30. The number of hydrogen-bond donors (Lipinski definition) is 2. The summed E-state index contributed by atoms with van der Waals surface area (Å²) < 4.78 is 3.63. The van der Waals surface area contributed by atoms with Crippen molar-refractivity contribution in [2.24, 2.45) is 7.05 Å². The number of fused-ring (bicyclic) bond motifs is 1. The van der Waals surface area contributed by atoms with Crippen LogP contribution in [0.25, 0.3) is 10.9 Å². The lowest BCUT2D eigenvalue weighted by atomic mass is 9.98. The van der Waals surface area contributed by atoms with E-state index in [0.29, 0.717) is 0 Å². The van der Waals surface area contributed by atoms with Crippen LogP contribution in [0.2, 0.25) is 0 Å². The Bertz CT molecular complexity index is 859. The van der Waals surface area contributed by atoms with Gasteiger partial charge < -0.3 is 15.6 Å². The molecular formula is C17H21N5O. The first-order chi connectivity index (χ1) is 10.9. The predicted molar refractivity (Wildman–Crippen MR) is 90.7 cm³/mol. The van der Waals surface area contributed by atoms with Gasteiger partial charge in [-0.3, -0.25) is 9.48 Å². The fraction of sp³-hybridized carbons (Fsp3) is 0.294. The molecule has 1 amide bonds. The van der Waals surface area contributed by atoms with Crippen molar-refractivity contribution in [3.05, 3.63) is 48.4 Å². The van der Waals surface area contributed by atoms with E-state index >= 15 is 0 Å². The predicted octanol–water partition coefficient (Wildman–Crippen LogP) is 2.01. The minimum atomic E-state index is -0.479. The van der Waals surface area contributed by atoms with Gasteiger partial charge in [0.25, 0.3) is 0 Å². The second-order valence-corrected chi connectivity index (χ2v) is 6.30. The summed E-state index contributed by atoms with van der Waals surface area (Å²) in [6.07, 6.45) is 5.57. The van der Waals surface area contributed by atoms with Crippen molar-refractivity contribution in [2.45, 2.75) is 25.9 Å². The SMILES string of the molecule is Cn1cc(C(C)(C)NC(=O)Cn2ccc3c(N)cccc32)cn1. The molecule has 3 aromatic rings. The summed E-state index contributed by atoms with van der Waals surface area (Å²) in [5.41, 5.74) is 8.12. The molecule has 0 saturated heterocycles. The Balaban J connectivity index is 1.77. The van der Waals surface area contributed by atoms with Gasteiger partial charge >= 0.3 is 0 Å². The standard InChI is InChI=1S/C17H21N5O/c1-17(2,12-9-19-21(3)10-12)20-16(23)11-22-8-7-13-14(18)5-4-6-15(13)22/h4-10H,11,18H2,1-3H3,(H,20,23). The average molecular weight is 311 g/mol. The lowest BCUT2D eigenvalue weighted by molar-refractivity contribution is -0.123. The first-order valence-electron chi connectivity index (χ1n) is 7.50. The Hall–Kier alpha value is -2.76. The quantitative estimate of drug-likeness (QED) is 0.724. The van der Waals surface area contributed by atoms with Gasteiger partial charge in [-0.1, -0.05) is 6.07 Å². The molecule has 3 N–H and O–H groups in total. The number of benzene rings is 1. The van der Waals surface area contributed by atoms with E-state index < -0.39 is 5.54 Å². The third-order valence-electron chi connectivity index (χ3n) is 4.04. The molecule has 0 aliphatic carbocycles. The minimum Gasteiger partial charge on any atom is -0.398 e.